The van der Waals surface area contributed by atoms with Gasteiger partial charge in [-0.15, -0.1) is 0 Å². The third-order valence-corrected chi connectivity index (χ3v) is 0.408. The van der Waals surface area contributed by atoms with Crippen molar-refractivity contribution in [1.82, 2.24) is 0 Å². The Morgan fingerprint density at radius 3 is 1.33 bits per heavy atom. The van der Waals surface area contributed by atoms with Crippen LogP contribution in [0.15, 0.2) is 0 Å². The maximum atomic E-state index is 4.99. The van der Waals surface area contributed by atoms with E-state index in [0.29, 0.717) is 0 Å². The van der Waals surface area contributed by atoms with Gasteiger partial charge in [-0.2, -0.15) is 0 Å². The molecule has 5 heteroatoms. The van der Waals surface area contributed by atoms with Crippen molar-refractivity contribution in [3.63, 3.8) is 0 Å². The Morgan fingerprint density at radius 2 is 1.33 bits per heavy atom. The zero-order valence-corrected chi connectivity index (χ0v) is 10.2. The molecule has 0 spiro atoms. The van der Waals surface area contributed by atoms with E-state index in [9.17, 15) is 0 Å². The molecule has 0 N–H and O–H groups in total. The second-order valence-electron chi connectivity index (χ2n) is 0.973. The zero-order chi connectivity index (χ0) is 7.70. The summed E-state index contributed by atoms with van der Waals surface area (Å²) < 4.78 is 4.83. The van der Waals surface area contributed by atoms with Crippen LogP contribution in [-0.4, -0.2) is 30.0 Å². The van der Waals surface area contributed by atoms with Gasteiger partial charge in [-0.1, -0.05) is 0 Å². The molecule has 0 saturated carbocycles. The van der Waals surface area contributed by atoms with E-state index in [2.05, 4.69) is 0 Å². The van der Waals surface area contributed by atoms with Crippen LogP contribution < -0.4 is 0 Å². The van der Waals surface area contributed by atoms with Crippen molar-refractivity contribution in [1.29, 1.82) is 0 Å². The predicted octanol–water partition coefficient (Wildman–Crippen LogP) is 2.73. The summed E-state index contributed by atoms with van der Waals surface area (Å²) >= 11 is -2.03. The van der Waals surface area contributed by atoms with E-state index in [1.807, 2.05) is 13.8 Å². The number of hydrogen-bond acceptors (Lipinski definition) is 1. The molecule has 0 unspecified atom stereocenters. The topological polar surface area (TPSA) is 9.23 Å². The van der Waals surface area contributed by atoms with E-state index in [-0.39, 0.29) is 0 Å². The van der Waals surface area contributed by atoms with Gasteiger partial charge in [0.05, 0.1) is 0 Å². The van der Waals surface area contributed by atoms with Crippen LogP contribution in [0, 0.1) is 0 Å². The first-order valence-electron chi connectivity index (χ1n) is 2.50. The van der Waals surface area contributed by atoms with Gasteiger partial charge in [0.2, 0.25) is 0 Å². The van der Waals surface area contributed by atoms with Gasteiger partial charge >= 0.3 is 43.3 Å². The Bertz CT molecular complexity index is 40.0. The molecule has 0 atom stereocenters. The average molecular weight is 302 g/mol. The normalized spacial score (nSPS) is 8.67. The van der Waals surface area contributed by atoms with Crippen LogP contribution in [0.5, 0.6) is 0 Å². The second-order valence-corrected chi connectivity index (χ2v) is 12.4. The monoisotopic (exact) mass is 300 g/mol. The number of hydrogen-bond donors (Lipinski definition) is 0. The van der Waals surface area contributed by atoms with E-state index in [1.165, 1.54) is 0 Å². The first-order chi connectivity index (χ1) is 4.15. The molecule has 0 aromatic rings. The van der Waals surface area contributed by atoms with Gasteiger partial charge in [-0.05, 0) is 13.8 Å². The molecule has 0 bridgehead atoms. The molecule has 1 nitrogen and oxygen atoms in total. The summed E-state index contributed by atoms with van der Waals surface area (Å²) in [6.45, 7) is 5.67. The molecule has 9 heavy (non-hydrogen) atoms. The van der Waals surface area contributed by atoms with E-state index >= 15 is 0 Å². The van der Waals surface area contributed by atoms with Crippen LogP contribution in [-0.2, 0) is 4.74 Å². The number of ether oxygens (including phenoxy) is 1. The second kappa shape index (κ2) is 12.3. The SMILES string of the molecule is CCOCC.[Cl][Sb]([Cl])[Cl]. The number of rotatable bonds is 2. The van der Waals surface area contributed by atoms with Crippen LogP contribution in [0.2, 0.25) is 0 Å². The molecule has 0 aliphatic carbocycles. The van der Waals surface area contributed by atoms with Crippen LogP contribution in [0.25, 0.3) is 0 Å². The Hall–Kier alpha value is 1.65. The van der Waals surface area contributed by atoms with Crippen molar-refractivity contribution >= 4 is 43.3 Å². The van der Waals surface area contributed by atoms with Crippen molar-refractivity contribution in [2.75, 3.05) is 13.2 Å². The van der Waals surface area contributed by atoms with Gasteiger partial charge < -0.3 is 4.74 Å². The molecular weight excluding hydrogens is 292 g/mol. The van der Waals surface area contributed by atoms with Gasteiger partial charge in [-0.25, -0.2) is 0 Å². The molecule has 0 radical (unpaired) electrons. The fourth-order valence-corrected chi connectivity index (χ4v) is 0.204. The van der Waals surface area contributed by atoms with Gasteiger partial charge in [-0.3, -0.25) is 0 Å². The zero-order valence-electron chi connectivity index (χ0n) is 5.40. The fraction of sp³-hybridized carbons (Fsp3) is 1.00. The molecule has 0 aromatic carbocycles. The Balaban J connectivity index is 0. The fourth-order valence-electron chi connectivity index (χ4n) is 0.204. The first kappa shape index (κ1) is 13.3. The van der Waals surface area contributed by atoms with Gasteiger partial charge in [0.1, 0.15) is 0 Å². The Kier molecular flexibility index (Phi) is 18.2. The van der Waals surface area contributed by atoms with Crippen molar-refractivity contribution in [2.45, 2.75) is 13.8 Å². The molecule has 0 heterocycles. The molecule has 0 aliphatic heterocycles. The summed E-state index contributed by atoms with van der Waals surface area (Å²) in [5.41, 5.74) is 0. The Labute approximate surface area is 74.6 Å². The quantitative estimate of drug-likeness (QED) is 0.713. The molecule has 0 fully saturated rings. The third-order valence-electron chi connectivity index (χ3n) is 0.408. The minimum atomic E-state index is -2.03. The minimum absolute atomic E-state index is 0.844. The molecular formula is C4H10Cl3OSb. The third kappa shape index (κ3) is 42.4. The summed E-state index contributed by atoms with van der Waals surface area (Å²) in [7, 11) is 15.0. The van der Waals surface area contributed by atoms with Gasteiger partial charge in [0.15, 0.2) is 0 Å². The summed E-state index contributed by atoms with van der Waals surface area (Å²) in [4.78, 5) is 0. The van der Waals surface area contributed by atoms with Crippen molar-refractivity contribution in [2.24, 2.45) is 0 Å². The molecule has 0 amide bonds. The van der Waals surface area contributed by atoms with E-state index < -0.39 is 16.8 Å². The molecule has 0 rings (SSSR count). The predicted molar refractivity (Wildman–Crippen MR) is 45.5 cm³/mol. The van der Waals surface area contributed by atoms with Gasteiger partial charge in [0.25, 0.3) is 0 Å². The average Bonchev–Trinajstić information content (AvgIpc) is 1.66. The summed E-state index contributed by atoms with van der Waals surface area (Å²) in [6, 6.07) is 0. The van der Waals surface area contributed by atoms with Gasteiger partial charge in [0, 0.05) is 13.2 Å². The van der Waals surface area contributed by atoms with E-state index in [0.717, 1.165) is 13.2 Å². The summed E-state index contributed by atoms with van der Waals surface area (Å²) in [5, 5.41) is 0. The standard InChI is InChI=1S/C4H10O.3ClH.Sb/c1-3-5-4-2;;;;/h3-4H2,1-2H3;3*1H;/q;;;;+3/p-3. The van der Waals surface area contributed by atoms with Crippen LogP contribution in [0.4, 0.5) is 0 Å². The Morgan fingerprint density at radius 1 is 1.11 bits per heavy atom. The van der Waals surface area contributed by atoms with Crippen molar-refractivity contribution < 1.29 is 4.74 Å². The maximum absolute atomic E-state index is 4.99. The number of halogens is 3. The summed E-state index contributed by atoms with van der Waals surface area (Å²) in [6.07, 6.45) is 0. The van der Waals surface area contributed by atoms with E-state index in [1.54, 1.807) is 0 Å². The van der Waals surface area contributed by atoms with E-state index in [4.69, 9.17) is 31.2 Å². The molecule has 0 saturated heterocycles. The van der Waals surface area contributed by atoms with Crippen molar-refractivity contribution in [3.8, 4) is 0 Å². The van der Waals surface area contributed by atoms with Crippen LogP contribution >= 0.6 is 26.5 Å². The molecule has 0 aliphatic rings. The molecule has 58 valence electrons. The first-order valence-corrected chi connectivity index (χ1v) is 12.2. The van der Waals surface area contributed by atoms with Crippen LogP contribution in [0.1, 0.15) is 13.8 Å². The molecule has 0 aromatic heterocycles. The van der Waals surface area contributed by atoms with Crippen LogP contribution in [0.3, 0.4) is 0 Å². The van der Waals surface area contributed by atoms with Crippen molar-refractivity contribution in [3.05, 3.63) is 0 Å². The summed E-state index contributed by atoms with van der Waals surface area (Å²) in [5.74, 6) is 0.